The predicted molar refractivity (Wildman–Crippen MR) is 109 cm³/mol. The normalized spacial score (nSPS) is 10.2. The van der Waals surface area contributed by atoms with Gasteiger partial charge in [-0.15, -0.1) is 0 Å². The number of rotatable bonds is 4. The summed E-state index contributed by atoms with van der Waals surface area (Å²) in [6.07, 6.45) is 0. The van der Waals surface area contributed by atoms with Crippen LogP contribution in [-0.4, -0.2) is 5.11 Å². The van der Waals surface area contributed by atoms with E-state index in [9.17, 15) is 0 Å². The van der Waals surface area contributed by atoms with Gasteiger partial charge in [-0.25, -0.2) is 0 Å². The fraction of sp³-hybridized carbons (Fsp3) is 0.0952. The molecule has 0 unspecified atom stereocenters. The van der Waals surface area contributed by atoms with Crippen LogP contribution in [0.1, 0.15) is 11.1 Å². The Morgan fingerprint density at radius 2 is 1.44 bits per heavy atom. The molecule has 126 valence electrons. The van der Waals surface area contributed by atoms with Gasteiger partial charge in [-0.3, -0.25) is 0 Å². The van der Waals surface area contributed by atoms with Crippen LogP contribution in [0.5, 0.6) is 11.5 Å². The van der Waals surface area contributed by atoms with Gasteiger partial charge < -0.3 is 15.4 Å². The van der Waals surface area contributed by atoms with Crippen LogP contribution < -0.4 is 15.4 Å². The van der Waals surface area contributed by atoms with E-state index in [-0.39, 0.29) is 0 Å². The van der Waals surface area contributed by atoms with Crippen molar-refractivity contribution in [3.63, 3.8) is 0 Å². The molecule has 3 aromatic carbocycles. The first-order chi connectivity index (χ1) is 12.1. The molecule has 0 aromatic heterocycles. The zero-order valence-corrected chi connectivity index (χ0v) is 15.1. The second kappa shape index (κ2) is 7.81. The lowest BCUT2D eigenvalue weighted by atomic mass is 10.1. The number of anilines is 2. The number of nitrogens with one attached hydrogen (secondary N) is 2. The second-order valence-corrected chi connectivity index (χ2v) is 6.17. The first-order valence-corrected chi connectivity index (χ1v) is 8.50. The minimum absolute atomic E-state index is 0.561. The van der Waals surface area contributed by atoms with E-state index < -0.39 is 0 Å². The molecule has 0 radical (unpaired) electrons. The van der Waals surface area contributed by atoms with Crippen LogP contribution in [0.25, 0.3) is 0 Å². The quantitative estimate of drug-likeness (QED) is 0.575. The van der Waals surface area contributed by atoms with Gasteiger partial charge in [0.05, 0.1) is 0 Å². The van der Waals surface area contributed by atoms with E-state index in [0.29, 0.717) is 5.11 Å². The van der Waals surface area contributed by atoms with Crippen molar-refractivity contribution in [1.29, 1.82) is 0 Å². The van der Waals surface area contributed by atoms with Crippen LogP contribution in [-0.2, 0) is 0 Å². The number of aryl methyl sites for hydroxylation is 1. The number of ether oxygens (including phenoxy) is 1. The summed E-state index contributed by atoms with van der Waals surface area (Å²) in [4.78, 5) is 0. The molecule has 0 fully saturated rings. The lowest BCUT2D eigenvalue weighted by Gasteiger charge is -2.14. The molecule has 0 aliphatic rings. The van der Waals surface area contributed by atoms with Crippen LogP contribution in [0.2, 0.25) is 0 Å². The van der Waals surface area contributed by atoms with Crippen molar-refractivity contribution in [2.75, 3.05) is 10.6 Å². The maximum absolute atomic E-state index is 5.79. The van der Waals surface area contributed by atoms with Gasteiger partial charge in [0.2, 0.25) is 0 Å². The molecule has 0 saturated carbocycles. The smallest absolute Gasteiger partial charge is 0.175 e. The van der Waals surface area contributed by atoms with Crippen LogP contribution in [0, 0.1) is 13.8 Å². The van der Waals surface area contributed by atoms with Crippen molar-refractivity contribution in [2.45, 2.75) is 13.8 Å². The van der Waals surface area contributed by atoms with Crippen molar-refractivity contribution < 1.29 is 4.74 Å². The molecular weight excluding hydrogens is 328 g/mol. The van der Waals surface area contributed by atoms with Gasteiger partial charge in [-0.2, -0.15) is 0 Å². The Morgan fingerprint density at radius 1 is 0.760 bits per heavy atom. The van der Waals surface area contributed by atoms with Gasteiger partial charge in [-0.1, -0.05) is 30.3 Å². The lowest BCUT2D eigenvalue weighted by molar-refractivity contribution is 0.483. The van der Waals surface area contributed by atoms with E-state index in [1.165, 1.54) is 11.1 Å². The third-order valence-corrected chi connectivity index (χ3v) is 4.15. The average Bonchev–Trinajstić information content (AvgIpc) is 2.62. The molecule has 0 heterocycles. The fourth-order valence-corrected chi connectivity index (χ4v) is 2.63. The van der Waals surface area contributed by atoms with E-state index in [1.807, 2.05) is 66.7 Å². The Morgan fingerprint density at radius 3 is 2.16 bits per heavy atom. The third-order valence-electron chi connectivity index (χ3n) is 3.94. The van der Waals surface area contributed by atoms with E-state index in [0.717, 1.165) is 22.9 Å². The zero-order chi connectivity index (χ0) is 17.6. The molecule has 4 heteroatoms. The molecule has 3 aromatic rings. The van der Waals surface area contributed by atoms with Gasteiger partial charge in [-0.05, 0) is 79.7 Å². The average molecular weight is 348 g/mol. The van der Waals surface area contributed by atoms with Crippen molar-refractivity contribution in [1.82, 2.24) is 0 Å². The highest BCUT2D eigenvalue weighted by atomic mass is 32.1. The SMILES string of the molecule is Cc1cccc(NC(=S)Nc2ccc(Oc3ccccc3)cc2)c1C. The fourth-order valence-electron chi connectivity index (χ4n) is 2.40. The first-order valence-electron chi connectivity index (χ1n) is 8.09. The second-order valence-electron chi connectivity index (χ2n) is 5.77. The number of benzene rings is 3. The highest BCUT2D eigenvalue weighted by Gasteiger charge is 2.04. The molecular formula is C21H20N2OS. The minimum atomic E-state index is 0.561. The van der Waals surface area contributed by atoms with E-state index in [1.54, 1.807) is 0 Å². The summed E-state index contributed by atoms with van der Waals surface area (Å²) in [5.74, 6) is 1.60. The molecule has 3 rings (SSSR count). The van der Waals surface area contributed by atoms with Gasteiger partial charge in [0, 0.05) is 11.4 Å². The van der Waals surface area contributed by atoms with Gasteiger partial charge in [0.25, 0.3) is 0 Å². The number of hydrogen-bond donors (Lipinski definition) is 2. The van der Waals surface area contributed by atoms with Crippen LogP contribution in [0.4, 0.5) is 11.4 Å². The zero-order valence-electron chi connectivity index (χ0n) is 14.2. The topological polar surface area (TPSA) is 33.3 Å². The molecule has 0 aliphatic heterocycles. The molecule has 0 aliphatic carbocycles. The predicted octanol–water partition coefficient (Wildman–Crippen LogP) is 5.90. The number of hydrogen-bond acceptors (Lipinski definition) is 2. The molecule has 0 amide bonds. The van der Waals surface area contributed by atoms with E-state index in [2.05, 4.69) is 30.5 Å². The summed E-state index contributed by atoms with van der Waals surface area (Å²) in [5.41, 5.74) is 4.35. The summed E-state index contributed by atoms with van der Waals surface area (Å²) >= 11 is 5.41. The lowest BCUT2D eigenvalue weighted by Crippen LogP contribution is -2.19. The molecule has 0 atom stereocenters. The number of thiocarbonyl (C=S) groups is 1. The van der Waals surface area contributed by atoms with Crippen LogP contribution in [0.3, 0.4) is 0 Å². The molecule has 0 bridgehead atoms. The molecule has 3 nitrogen and oxygen atoms in total. The van der Waals surface area contributed by atoms with Crippen molar-refractivity contribution in [2.24, 2.45) is 0 Å². The van der Waals surface area contributed by atoms with E-state index >= 15 is 0 Å². The largest absolute Gasteiger partial charge is 0.457 e. The minimum Gasteiger partial charge on any atom is -0.457 e. The van der Waals surface area contributed by atoms with E-state index in [4.69, 9.17) is 17.0 Å². The summed E-state index contributed by atoms with van der Waals surface area (Å²) in [6.45, 7) is 4.17. The Balaban J connectivity index is 1.61. The molecule has 2 N–H and O–H groups in total. The summed E-state index contributed by atoms with van der Waals surface area (Å²) < 4.78 is 5.79. The summed E-state index contributed by atoms with van der Waals surface area (Å²) in [5, 5.41) is 7.00. The highest BCUT2D eigenvalue weighted by Crippen LogP contribution is 2.23. The van der Waals surface area contributed by atoms with Crippen molar-refractivity contribution in [3.8, 4) is 11.5 Å². The van der Waals surface area contributed by atoms with Crippen LogP contribution >= 0.6 is 12.2 Å². The summed E-state index contributed by atoms with van der Waals surface area (Å²) in [7, 11) is 0. The molecule has 0 saturated heterocycles. The molecule has 25 heavy (non-hydrogen) atoms. The standard InChI is InChI=1S/C21H20N2OS/c1-15-7-6-10-20(16(15)2)23-21(25)22-17-11-13-19(14-12-17)24-18-8-4-3-5-9-18/h3-14H,1-2H3,(H2,22,23,25). The maximum atomic E-state index is 5.79. The van der Waals surface area contributed by atoms with Crippen molar-refractivity contribution >= 4 is 28.7 Å². The maximum Gasteiger partial charge on any atom is 0.175 e. The Hall–Kier alpha value is -2.85. The van der Waals surface area contributed by atoms with Gasteiger partial charge in [0.15, 0.2) is 5.11 Å². The molecule has 0 spiro atoms. The highest BCUT2D eigenvalue weighted by molar-refractivity contribution is 7.80. The third kappa shape index (κ3) is 4.58. The Bertz CT molecular complexity index is 861. The Labute approximate surface area is 153 Å². The van der Waals surface area contributed by atoms with Gasteiger partial charge in [0.1, 0.15) is 11.5 Å². The number of para-hydroxylation sites is 1. The monoisotopic (exact) mass is 348 g/mol. The first kappa shape index (κ1) is 17.0. The van der Waals surface area contributed by atoms with Crippen molar-refractivity contribution in [3.05, 3.63) is 83.9 Å². The van der Waals surface area contributed by atoms with Gasteiger partial charge >= 0.3 is 0 Å². The summed E-state index contributed by atoms with van der Waals surface area (Å²) in [6, 6.07) is 23.5. The van der Waals surface area contributed by atoms with Crippen LogP contribution in [0.15, 0.2) is 72.8 Å². The Kier molecular flexibility index (Phi) is 5.31.